The van der Waals surface area contributed by atoms with E-state index in [0.717, 1.165) is 4.68 Å². The Morgan fingerprint density at radius 2 is 1.88 bits per heavy atom. The largest absolute Gasteiger partial charge is 0.461 e. The number of fused-ring (bicyclic) bond motifs is 1. The smallest absolute Gasteiger partial charge is 0.362 e. The summed E-state index contributed by atoms with van der Waals surface area (Å²) < 4.78 is 61.3. The van der Waals surface area contributed by atoms with E-state index in [9.17, 15) is 26.8 Å². The van der Waals surface area contributed by atoms with Crippen molar-refractivity contribution in [2.45, 2.75) is 17.8 Å². The number of carbonyl (C=O) groups is 1. The monoisotopic (exact) mass is 480 g/mol. The van der Waals surface area contributed by atoms with Crippen molar-refractivity contribution in [1.82, 2.24) is 9.78 Å². The second-order valence-electron chi connectivity index (χ2n) is 6.85. The molecule has 3 aromatic rings. The molecule has 1 heterocycles. The predicted octanol–water partition coefficient (Wildman–Crippen LogP) is 0.00150. The second-order valence-corrected chi connectivity index (χ2v) is 9.68. The average Bonchev–Trinajstić information content (AvgIpc) is 2.66. The molecule has 0 amide bonds. The molecule has 166 valence electrons. The van der Waals surface area contributed by atoms with Crippen molar-refractivity contribution in [2.75, 3.05) is 6.61 Å². The van der Waals surface area contributed by atoms with Crippen LogP contribution in [0.1, 0.15) is 17.4 Å². The van der Waals surface area contributed by atoms with E-state index in [-0.39, 0.29) is 28.9 Å². The Morgan fingerprint density at radius 1 is 1.25 bits per heavy atom. The van der Waals surface area contributed by atoms with Crippen LogP contribution in [0.25, 0.3) is 16.6 Å². The maximum Gasteiger partial charge on any atom is 0.362 e. The summed E-state index contributed by atoms with van der Waals surface area (Å²) in [6, 6.07) is 4.59. The van der Waals surface area contributed by atoms with Gasteiger partial charge in [-0.3, -0.25) is 4.79 Å². The van der Waals surface area contributed by atoms with E-state index in [0.29, 0.717) is 13.3 Å². The molecular formula is C18H16B2F2N2O6S2. The van der Waals surface area contributed by atoms with Crippen LogP contribution in [0, 0.1) is 0 Å². The van der Waals surface area contributed by atoms with E-state index in [1.807, 2.05) is 0 Å². The highest BCUT2D eigenvalue weighted by molar-refractivity contribution is 8.63. The lowest BCUT2D eigenvalue weighted by Gasteiger charge is -2.16. The fourth-order valence-corrected chi connectivity index (χ4v) is 4.27. The Bertz CT molecular complexity index is 1370. The standard InChI is InChI=1S/C18H16B2F2N2O6S2/c1-2-29-17(26)15-16(25)14-12(7-9(19)8-13(14)32(27,28)31)24(23-15)10-3-5-11(6-4-10)30-18(20,21)22/h3-8H,2,19-20H2,1H3,(H,27,28,31). The van der Waals surface area contributed by atoms with Gasteiger partial charge >= 0.3 is 12.0 Å². The number of alkyl halides is 2. The highest BCUT2D eigenvalue weighted by Crippen LogP contribution is 2.26. The van der Waals surface area contributed by atoms with Crippen LogP contribution in [-0.2, 0) is 13.6 Å². The molecule has 0 unspecified atom stereocenters. The first-order valence-electron chi connectivity index (χ1n) is 9.21. The lowest BCUT2D eigenvalue weighted by Crippen LogP contribution is -2.26. The minimum absolute atomic E-state index is 0.0408. The molecule has 0 saturated carbocycles. The summed E-state index contributed by atoms with van der Waals surface area (Å²) in [7, 11) is -1.96. The van der Waals surface area contributed by atoms with Crippen molar-refractivity contribution < 1.29 is 31.5 Å². The van der Waals surface area contributed by atoms with Gasteiger partial charge in [-0.2, -0.15) is 13.9 Å². The fraction of sp³-hybridized carbons (Fsp3) is 0.167. The highest BCUT2D eigenvalue weighted by Gasteiger charge is 2.26. The molecule has 0 saturated heterocycles. The van der Waals surface area contributed by atoms with Crippen LogP contribution in [0.15, 0.2) is 46.1 Å². The van der Waals surface area contributed by atoms with Gasteiger partial charge in [0, 0.05) is 0 Å². The van der Waals surface area contributed by atoms with Crippen molar-refractivity contribution in [3.63, 3.8) is 0 Å². The first-order chi connectivity index (χ1) is 14.8. The summed E-state index contributed by atoms with van der Waals surface area (Å²) in [5.41, 5.74) is -0.769. The summed E-state index contributed by atoms with van der Waals surface area (Å²) in [5, 5.41) is 3.78. The van der Waals surface area contributed by atoms with Crippen molar-refractivity contribution >= 4 is 58.6 Å². The third-order valence-electron chi connectivity index (χ3n) is 4.22. The molecule has 0 aliphatic carbocycles. The number of hydrogen-bond donors (Lipinski definition) is 1. The number of carbonyl (C=O) groups excluding carboxylic acids is 1. The number of hydrogen-bond acceptors (Lipinski definition) is 7. The van der Waals surface area contributed by atoms with Crippen LogP contribution < -0.4 is 15.6 Å². The molecule has 14 heteroatoms. The lowest BCUT2D eigenvalue weighted by atomic mass is 9.94. The first kappa shape index (κ1) is 23.8. The van der Waals surface area contributed by atoms with Gasteiger partial charge < -0.3 is 9.47 Å². The Hall–Kier alpha value is -2.86. The van der Waals surface area contributed by atoms with Crippen molar-refractivity contribution in [3.8, 4) is 11.4 Å². The number of benzene rings is 2. The molecule has 32 heavy (non-hydrogen) atoms. The van der Waals surface area contributed by atoms with Gasteiger partial charge in [0.25, 0.3) is 0 Å². The van der Waals surface area contributed by atoms with Crippen LogP contribution in [0.4, 0.5) is 8.78 Å². The topological polar surface area (TPSA) is 105 Å². The fourth-order valence-electron chi connectivity index (χ4n) is 3.04. The number of esters is 1. The zero-order chi connectivity index (χ0) is 23.8. The number of rotatable bonds is 6. The molecule has 0 atom stereocenters. The molecular weight excluding hydrogens is 464 g/mol. The molecule has 8 nitrogen and oxygen atoms in total. The van der Waals surface area contributed by atoms with Gasteiger partial charge in [0.1, 0.15) is 13.6 Å². The summed E-state index contributed by atoms with van der Waals surface area (Å²) in [4.78, 5) is 25.0. The minimum atomic E-state index is -4.16. The van der Waals surface area contributed by atoms with E-state index in [1.165, 1.54) is 43.3 Å². The molecule has 0 radical (unpaired) electrons. The van der Waals surface area contributed by atoms with E-state index in [2.05, 4.69) is 21.5 Å². The molecule has 3 rings (SSSR count). The van der Waals surface area contributed by atoms with Gasteiger partial charge in [0.05, 0.1) is 28.1 Å². The zero-order valence-corrected chi connectivity index (χ0v) is 18.8. The Labute approximate surface area is 188 Å². The summed E-state index contributed by atoms with van der Waals surface area (Å²) >= 11 is 3.62. The Morgan fingerprint density at radius 3 is 2.41 bits per heavy atom. The normalized spacial score (nSPS) is 12.0. The average molecular weight is 480 g/mol. The predicted molar refractivity (Wildman–Crippen MR) is 122 cm³/mol. The third-order valence-corrected chi connectivity index (χ3v) is 5.69. The van der Waals surface area contributed by atoms with Crippen LogP contribution in [0.2, 0.25) is 0 Å². The van der Waals surface area contributed by atoms with E-state index in [1.54, 1.807) is 7.85 Å². The van der Waals surface area contributed by atoms with Gasteiger partial charge in [0.2, 0.25) is 27.8 Å². The first-order valence-corrected chi connectivity index (χ1v) is 11.7. The summed E-state index contributed by atoms with van der Waals surface area (Å²) in [5.74, 6) is -1.17. The van der Waals surface area contributed by atoms with Crippen LogP contribution in [0.5, 0.6) is 5.75 Å². The molecule has 1 aromatic heterocycles. The molecule has 0 aliphatic rings. The van der Waals surface area contributed by atoms with E-state index in [4.69, 9.17) is 4.74 Å². The molecule has 0 bridgehead atoms. The van der Waals surface area contributed by atoms with E-state index < -0.39 is 36.9 Å². The number of aromatic nitrogens is 2. The lowest BCUT2D eigenvalue weighted by molar-refractivity contribution is -0.0972. The third kappa shape index (κ3) is 4.96. The number of thiol groups is 1. The van der Waals surface area contributed by atoms with Crippen LogP contribution in [-0.4, -0.2) is 52.5 Å². The van der Waals surface area contributed by atoms with Gasteiger partial charge in [-0.25, -0.2) is 17.9 Å². The van der Waals surface area contributed by atoms with Crippen molar-refractivity contribution in [2.24, 2.45) is 0 Å². The molecule has 0 aliphatic heterocycles. The molecule has 0 fully saturated rings. The number of ether oxygens (including phenoxy) is 2. The van der Waals surface area contributed by atoms with Gasteiger partial charge in [-0.1, -0.05) is 5.46 Å². The SMILES string of the molecule is Bc1cc(S(=O)(=O)S)c2c(=O)c(C(=O)OCC)nn(-c3ccc(OC(B)(F)F)cc3)c2c1. The van der Waals surface area contributed by atoms with Crippen molar-refractivity contribution in [3.05, 3.63) is 52.3 Å². The van der Waals surface area contributed by atoms with Crippen LogP contribution in [0.3, 0.4) is 0 Å². The maximum atomic E-state index is 13.1. The number of halogens is 2. The van der Waals surface area contributed by atoms with Gasteiger partial charge in [0.15, 0.2) is 0 Å². The number of nitrogens with zero attached hydrogens (tertiary/aromatic N) is 2. The quantitative estimate of drug-likeness (QED) is 0.229. The Balaban J connectivity index is 2.37. The minimum Gasteiger partial charge on any atom is -0.461 e. The van der Waals surface area contributed by atoms with Gasteiger partial charge in [-0.05, 0) is 55.0 Å². The molecule has 0 spiro atoms. The summed E-state index contributed by atoms with van der Waals surface area (Å²) in [6.45, 7) is 1.49. The van der Waals surface area contributed by atoms with Gasteiger partial charge in [-0.15, -0.1) is 0 Å². The van der Waals surface area contributed by atoms with Crippen LogP contribution >= 0.6 is 11.7 Å². The second kappa shape index (κ2) is 8.58. The Kier molecular flexibility index (Phi) is 6.38. The highest BCUT2D eigenvalue weighted by atomic mass is 33.1. The zero-order valence-electron chi connectivity index (χ0n) is 17.1. The summed E-state index contributed by atoms with van der Waals surface area (Å²) in [6.07, 6.45) is 0. The van der Waals surface area contributed by atoms with E-state index >= 15 is 0 Å². The molecule has 2 aromatic carbocycles. The molecule has 0 N–H and O–H groups in total. The van der Waals surface area contributed by atoms with Crippen molar-refractivity contribution in [1.29, 1.82) is 0 Å². The maximum absolute atomic E-state index is 13.1.